The van der Waals surface area contributed by atoms with E-state index in [1.165, 1.54) is 24.4 Å². The molecule has 0 heterocycles. The molecule has 2 rings (SSSR count). The number of nitro groups is 1. The van der Waals surface area contributed by atoms with Gasteiger partial charge < -0.3 is 5.32 Å². The highest BCUT2D eigenvalue weighted by Crippen LogP contribution is 2.15. The molecular weight excluding hydrogens is 384 g/mol. The molecule has 0 aromatic heterocycles. The van der Waals surface area contributed by atoms with Crippen molar-refractivity contribution in [3.05, 3.63) is 74.8 Å². The van der Waals surface area contributed by atoms with Crippen LogP contribution in [0.15, 0.2) is 53.6 Å². The van der Waals surface area contributed by atoms with Crippen LogP contribution in [0.5, 0.6) is 0 Å². The van der Waals surface area contributed by atoms with Crippen LogP contribution in [0.1, 0.15) is 29.8 Å². The zero-order valence-electron chi connectivity index (χ0n) is 15.3. The molecule has 0 radical (unpaired) electrons. The van der Waals surface area contributed by atoms with Gasteiger partial charge >= 0.3 is 0 Å². The average Bonchev–Trinajstić information content (AvgIpc) is 2.66. The average molecular weight is 403 g/mol. The lowest BCUT2D eigenvalue weighted by molar-refractivity contribution is -0.384. The number of rotatable bonds is 7. The number of halogens is 1. The molecule has 0 saturated carbocycles. The van der Waals surface area contributed by atoms with Gasteiger partial charge in [0.05, 0.1) is 21.7 Å². The Morgan fingerprint density at radius 1 is 1.18 bits per heavy atom. The molecule has 0 aliphatic heterocycles. The molecule has 2 aromatic rings. The molecule has 0 spiro atoms. The zero-order valence-corrected chi connectivity index (χ0v) is 16.0. The SMILES string of the molecule is CC(C)C(NC(=O)c1ccccc1Cl)C(=O)NN=Cc1cccc([N+](=O)[O-])c1. The van der Waals surface area contributed by atoms with E-state index in [9.17, 15) is 19.7 Å². The minimum absolute atomic E-state index is 0.0812. The van der Waals surface area contributed by atoms with Gasteiger partial charge in [-0.15, -0.1) is 0 Å². The molecule has 2 aromatic carbocycles. The van der Waals surface area contributed by atoms with Crippen molar-refractivity contribution in [3.63, 3.8) is 0 Å². The first-order chi connectivity index (χ1) is 13.3. The first-order valence-electron chi connectivity index (χ1n) is 8.42. The number of nitro benzene ring substituents is 1. The molecule has 0 aliphatic rings. The van der Waals surface area contributed by atoms with Gasteiger partial charge in [0.25, 0.3) is 17.5 Å². The third-order valence-electron chi connectivity index (χ3n) is 3.82. The summed E-state index contributed by atoms with van der Waals surface area (Å²) in [6.07, 6.45) is 1.29. The Balaban J connectivity index is 2.05. The van der Waals surface area contributed by atoms with Crippen LogP contribution in [0.3, 0.4) is 0 Å². The number of nitrogens with zero attached hydrogens (tertiary/aromatic N) is 2. The third-order valence-corrected chi connectivity index (χ3v) is 4.15. The van der Waals surface area contributed by atoms with E-state index in [-0.39, 0.29) is 22.2 Å². The van der Waals surface area contributed by atoms with E-state index in [0.717, 1.165) is 0 Å². The quantitative estimate of drug-likeness (QED) is 0.420. The largest absolute Gasteiger partial charge is 0.340 e. The number of carbonyl (C=O) groups excluding carboxylic acids is 2. The first-order valence-corrected chi connectivity index (χ1v) is 8.80. The van der Waals surface area contributed by atoms with E-state index in [4.69, 9.17) is 11.6 Å². The first kappa shape index (κ1) is 21.0. The second-order valence-corrected chi connectivity index (χ2v) is 6.67. The number of carbonyl (C=O) groups is 2. The number of non-ortho nitro benzene ring substituents is 1. The fraction of sp³-hybridized carbons (Fsp3) is 0.211. The van der Waals surface area contributed by atoms with Crippen molar-refractivity contribution in [3.8, 4) is 0 Å². The lowest BCUT2D eigenvalue weighted by Crippen LogP contribution is -2.48. The van der Waals surface area contributed by atoms with Crippen LogP contribution in [0.2, 0.25) is 5.02 Å². The van der Waals surface area contributed by atoms with E-state index >= 15 is 0 Å². The number of hydrogen-bond donors (Lipinski definition) is 2. The van der Waals surface area contributed by atoms with Crippen LogP contribution >= 0.6 is 11.6 Å². The van der Waals surface area contributed by atoms with E-state index in [2.05, 4.69) is 15.8 Å². The number of benzene rings is 2. The highest BCUT2D eigenvalue weighted by Gasteiger charge is 2.25. The second-order valence-electron chi connectivity index (χ2n) is 6.26. The molecule has 0 bridgehead atoms. The predicted molar refractivity (Wildman–Crippen MR) is 106 cm³/mol. The molecule has 1 unspecified atom stereocenters. The van der Waals surface area contributed by atoms with Crippen LogP contribution in [0.4, 0.5) is 5.69 Å². The fourth-order valence-electron chi connectivity index (χ4n) is 2.36. The summed E-state index contributed by atoms with van der Waals surface area (Å²) in [5.41, 5.74) is 2.99. The molecule has 1 atom stereocenters. The maximum atomic E-state index is 12.4. The Labute approximate surface area is 166 Å². The van der Waals surface area contributed by atoms with Crippen molar-refractivity contribution in [2.24, 2.45) is 11.0 Å². The second kappa shape index (κ2) is 9.61. The van der Waals surface area contributed by atoms with E-state index in [0.29, 0.717) is 5.56 Å². The normalized spacial score (nSPS) is 12.0. The molecule has 0 saturated heterocycles. The molecule has 0 aliphatic carbocycles. The molecule has 2 N–H and O–H groups in total. The lowest BCUT2D eigenvalue weighted by Gasteiger charge is -2.20. The van der Waals surface area contributed by atoms with Gasteiger partial charge in [-0.05, 0) is 18.1 Å². The maximum absolute atomic E-state index is 12.4. The maximum Gasteiger partial charge on any atom is 0.270 e. The summed E-state index contributed by atoms with van der Waals surface area (Å²) in [5, 5.41) is 17.5. The van der Waals surface area contributed by atoms with Gasteiger partial charge in [-0.2, -0.15) is 5.10 Å². The van der Waals surface area contributed by atoms with Gasteiger partial charge in [-0.1, -0.05) is 49.7 Å². The Kier molecular flexibility index (Phi) is 7.22. The summed E-state index contributed by atoms with van der Waals surface area (Å²) < 4.78 is 0. The minimum atomic E-state index is -0.842. The van der Waals surface area contributed by atoms with Crippen LogP contribution in [-0.2, 0) is 4.79 Å². The Morgan fingerprint density at radius 3 is 2.54 bits per heavy atom. The molecular formula is C19H19ClN4O4. The molecule has 0 fully saturated rings. The van der Waals surface area contributed by atoms with Crippen molar-refractivity contribution < 1.29 is 14.5 Å². The Morgan fingerprint density at radius 2 is 1.89 bits per heavy atom. The van der Waals surface area contributed by atoms with Crippen LogP contribution in [0.25, 0.3) is 0 Å². The number of hydrogen-bond acceptors (Lipinski definition) is 5. The summed E-state index contributed by atoms with van der Waals surface area (Å²) in [5.74, 6) is -1.20. The molecule has 9 heteroatoms. The van der Waals surface area contributed by atoms with Gasteiger partial charge in [0.1, 0.15) is 6.04 Å². The van der Waals surface area contributed by atoms with Gasteiger partial charge in [-0.3, -0.25) is 19.7 Å². The summed E-state index contributed by atoms with van der Waals surface area (Å²) in [4.78, 5) is 35.1. The van der Waals surface area contributed by atoms with Crippen molar-refractivity contribution >= 4 is 35.3 Å². The number of nitrogens with one attached hydrogen (secondary N) is 2. The Hall–Kier alpha value is -3.26. The van der Waals surface area contributed by atoms with Crippen molar-refractivity contribution in [2.75, 3.05) is 0 Å². The van der Waals surface area contributed by atoms with Crippen molar-refractivity contribution in [1.29, 1.82) is 0 Å². The molecule has 28 heavy (non-hydrogen) atoms. The van der Waals surface area contributed by atoms with Crippen molar-refractivity contribution in [2.45, 2.75) is 19.9 Å². The minimum Gasteiger partial charge on any atom is -0.340 e. The summed E-state index contributed by atoms with van der Waals surface area (Å²) in [6.45, 7) is 3.56. The summed E-state index contributed by atoms with van der Waals surface area (Å²) >= 11 is 6.02. The zero-order chi connectivity index (χ0) is 20.7. The monoisotopic (exact) mass is 402 g/mol. The topological polar surface area (TPSA) is 114 Å². The number of hydrazone groups is 1. The van der Waals surface area contributed by atoms with Crippen LogP contribution < -0.4 is 10.7 Å². The molecule has 146 valence electrons. The smallest absolute Gasteiger partial charge is 0.270 e. The standard InChI is InChI=1S/C19H19ClN4O4/c1-12(2)17(22-18(25)15-8-3-4-9-16(15)20)19(26)23-21-11-13-6-5-7-14(10-13)24(27)28/h3-12,17H,1-2H3,(H,22,25)(H,23,26). The summed E-state index contributed by atoms with van der Waals surface area (Å²) in [7, 11) is 0. The van der Waals surface area contributed by atoms with Gasteiger partial charge in [0.15, 0.2) is 0 Å². The predicted octanol–water partition coefficient (Wildman–Crippen LogP) is 3.15. The Bertz CT molecular complexity index is 914. The highest BCUT2D eigenvalue weighted by atomic mass is 35.5. The summed E-state index contributed by atoms with van der Waals surface area (Å²) in [6, 6.07) is 11.5. The van der Waals surface area contributed by atoms with E-state index in [1.54, 1.807) is 44.2 Å². The van der Waals surface area contributed by atoms with Crippen LogP contribution in [0, 0.1) is 16.0 Å². The third kappa shape index (κ3) is 5.62. The van der Waals surface area contributed by atoms with Crippen molar-refractivity contribution in [1.82, 2.24) is 10.7 Å². The van der Waals surface area contributed by atoms with E-state index < -0.39 is 22.8 Å². The van der Waals surface area contributed by atoms with Gasteiger partial charge in [-0.25, -0.2) is 5.43 Å². The van der Waals surface area contributed by atoms with Gasteiger partial charge in [0.2, 0.25) is 0 Å². The fourth-order valence-corrected chi connectivity index (χ4v) is 2.58. The highest BCUT2D eigenvalue weighted by molar-refractivity contribution is 6.33. The lowest BCUT2D eigenvalue weighted by atomic mass is 10.0. The number of amides is 2. The molecule has 2 amide bonds. The van der Waals surface area contributed by atoms with Gasteiger partial charge in [0, 0.05) is 17.7 Å². The van der Waals surface area contributed by atoms with Crippen LogP contribution in [-0.4, -0.2) is 29.0 Å². The molecule has 8 nitrogen and oxygen atoms in total. The van der Waals surface area contributed by atoms with E-state index in [1.807, 2.05) is 0 Å².